The van der Waals surface area contributed by atoms with Crippen LogP contribution in [0.25, 0.3) is 0 Å². The lowest BCUT2D eigenvalue weighted by atomic mass is 10.7. The zero-order valence-electron chi connectivity index (χ0n) is 2.55. The molecule has 5 heavy (non-hydrogen) atoms. The van der Waals surface area contributed by atoms with Crippen LogP contribution in [0.4, 0.5) is 0 Å². The van der Waals surface area contributed by atoms with Crippen LogP contribution < -0.4 is 0 Å². The van der Waals surface area contributed by atoms with Crippen LogP contribution in [-0.4, -0.2) is 18.0 Å². The predicted octanol–water partition coefficient (Wildman–Crippen LogP) is -0.733. The molecule has 1 heterocycles. The van der Waals surface area contributed by atoms with Crippen molar-refractivity contribution < 1.29 is 14.9 Å². The second-order valence-corrected chi connectivity index (χ2v) is 0.835. The van der Waals surface area contributed by atoms with E-state index in [4.69, 9.17) is 5.11 Å². The van der Waals surface area contributed by atoms with Gasteiger partial charge in [0.25, 0.3) is 0 Å². The quantitative estimate of drug-likeness (QED) is 0.386. The fourth-order valence-electron chi connectivity index (χ4n) is 0.129. The number of aliphatic hydroxyl groups is 1. The smallest absolute Gasteiger partial charge is 0.215 e. The van der Waals surface area contributed by atoms with E-state index in [0.29, 0.717) is 6.61 Å². The normalized spacial score (nSPS) is 36.6. The molecule has 1 saturated heterocycles. The van der Waals surface area contributed by atoms with Crippen LogP contribution in [0.5, 0.6) is 0 Å². The van der Waals surface area contributed by atoms with Gasteiger partial charge in [-0.3, -0.25) is 0 Å². The maximum atomic E-state index is 8.10. The van der Waals surface area contributed by atoms with E-state index in [1.165, 1.54) is 0 Å². The molecule has 1 aliphatic heterocycles. The van der Waals surface area contributed by atoms with Gasteiger partial charge in [0.1, 0.15) is 6.61 Å². The van der Waals surface area contributed by atoms with Crippen molar-refractivity contribution >= 4 is 0 Å². The van der Waals surface area contributed by atoms with Crippen LogP contribution in [0.15, 0.2) is 0 Å². The summed E-state index contributed by atoms with van der Waals surface area (Å²) < 4.78 is 0. The molecule has 1 rings (SSSR count). The molecule has 0 aliphatic carbocycles. The summed E-state index contributed by atoms with van der Waals surface area (Å²) in [5.41, 5.74) is 0. The van der Waals surface area contributed by atoms with E-state index in [-0.39, 0.29) is 0 Å². The molecule has 1 atom stereocenters. The van der Waals surface area contributed by atoms with Crippen molar-refractivity contribution in [3.8, 4) is 0 Å². The van der Waals surface area contributed by atoms with Crippen molar-refractivity contribution in [3.05, 3.63) is 0 Å². The summed E-state index contributed by atoms with van der Waals surface area (Å²) in [4.78, 5) is 8.07. The summed E-state index contributed by atoms with van der Waals surface area (Å²) in [5.74, 6) is 0. The van der Waals surface area contributed by atoms with Gasteiger partial charge in [-0.15, -0.1) is 0 Å². The summed E-state index contributed by atoms with van der Waals surface area (Å²) in [6.45, 7) is 0.319. The van der Waals surface area contributed by atoms with Gasteiger partial charge in [-0.2, -0.15) is 0 Å². The Hall–Kier alpha value is -0.120. The van der Waals surface area contributed by atoms with Crippen molar-refractivity contribution in [2.24, 2.45) is 0 Å². The molecule has 0 bridgehead atoms. The lowest BCUT2D eigenvalue weighted by Gasteiger charge is -2.17. The molecule has 3 heteroatoms. The van der Waals surface area contributed by atoms with Gasteiger partial charge in [0, 0.05) is 0 Å². The molecule has 0 aromatic heterocycles. The standard InChI is InChI=1S/C2H4O3/c3-2-1-4-5-2/h2-3H,1H2. The maximum absolute atomic E-state index is 8.10. The van der Waals surface area contributed by atoms with E-state index in [1.807, 2.05) is 0 Å². The maximum Gasteiger partial charge on any atom is 0.215 e. The summed E-state index contributed by atoms with van der Waals surface area (Å²) in [5, 5.41) is 8.10. The third kappa shape index (κ3) is 0.397. The first kappa shape index (κ1) is 3.08. The SMILES string of the molecule is OC1COO1. The third-order valence-corrected chi connectivity index (χ3v) is 0.390. The molecule has 0 spiro atoms. The van der Waals surface area contributed by atoms with Gasteiger partial charge in [0.2, 0.25) is 6.29 Å². The Kier molecular flexibility index (Phi) is 0.574. The minimum Gasteiger partial charge on any atom is -0.364 e. The first-order chi connectivity index (χ1) is 2.39. The van der Waals surface area contributed by atoms with Crippen molar-refractivity contribution in [1.29, 1.82) is 0 Å². The molecule has 0 amide bonds. The van der Waals surface area contributed by atoms with Gasteiger partial charge in [-0.1, -0.05) is 0 Å². The second-order valence-electron chi connectivity index (χ2n) is 0.835. The average molecular weight is 76.1 g/mol. The number of hydrogen-bond acceptors (Lipinski definition) is 3. The van der Waals surface area contributed by atoms with Gasteiger partial charge in [0.15, 0.2) is 0 Å². The van der Waals surface area contributed by atoms with E-state index < -0.39 is 6.29 Å². The van der Waals surface area contributed by atoms with E-state index in [1.54, 1.807) is 0 Å². The minimum absolute atomic E-state index is 0.319. The van der Waals surface area contributed by atoms with Gasteiger partial charge in [0.05, 0.1) is 0 Å². The van der Waals surface area contributed by atoms with Gasteiger partial charge in [-0.25, -0.2) is 9.78 Å². The number of aliphatic hydroxyl groups excluding tert-OH is 1. The fourth-order valence-corrected chi connectivity index (χ4v) is 0.129. The molecule has 30 valence electrons. The summed E-state index contributed by atoms with van der Waals surface area (Å²) >= 11 is 0. The van der Waals surface area contributed by atoms with Crippen LogP contribution in [0.1, 0.15) is 0 Å². The highest BCUT2D eigenvalue weighted by Crippen LogP contribution is 1.99. The largest absolute Gasteiger partial charge is 0.364 e. The van der Waals surface area contributed by atoms with Gasteiger partial charge in [-0.05, 0) is 0 Å². The van der Waals surface area contributed by atoms with Gasteiger partial charge >= 0.3 is 0 Å². The zero-order chi connectivity index (χ0) is 3.70. The average Bonchev–Trinajstić information content (AvgIpc) is 1.30. The Morgan fingerprint density at radius 2 is 2.20 bits per heavy atom. The molecule has 1 fully saturated rings. The fraction of sp³-hybridized carbons (Fsp3) is 1.00. The van der Waals surface area contributed by atoms with Crippen molar-refractivity contribution in [1.82, 2.24) is 0 Å². The van der Waals surface area contributed by atoms with Crippen LogP contribution >= 0.6 is 0 Å². The third-order valence-electron chi connectivity index (χ3n) is 0.390. The Balaban J connectivity index is 2.08. The monoisotopic (exact) mass is 76.0 g/mol. The highest BCUT2D eigenvalue weighted by Gasteiger charge is 2.14. The van der Waals surface area contributed by atoms with Crippen molar-refractivity contribution in [3.63, 3.8) is 0 Å². The Labute approximate surface area is 29.0 Å². The van der Waals surface area contributed by atoms with Gasteiger partial charge < -0.3 is 5.11 Å². The Morgan fingerprint density at radius 1 is 1.80 bits per heavy atom. The Morgan fingerprint density at radius 3 is 2.20 bits per heavy atom. The van der Waals surface area contributed by atoms with E-state index in [0.717, 1.165) is 0 Å². The minimum atomic E-state index is -0.657. The van der Waals surface area contributed by atoms with E-state index in [9.17, 15) is 0 Å². The highest BCUT2D eigenvalue weighted by atomic mass is 17.3. The van der Waals surface area contributed by atoms with Crippen LogP contribution in [0, 0.1) is 0 Å². The zero-order valence-corrected chi connectivity index (χ0v) is 2.55. The summed E-state index contributed by atoms with van der Waals surface area (Å²) in [7, 11) is 0. The van der Waals surface area contributed by atoms with Crippen molar-refractivity contribution in [2.75, 3.05) is 6.61 Å². The molecule has 0 saturated carbocycles. The molecule has 1 aliphatic rings. The second kappa shape index (κ2) is 0.931. The molecule has 0 aromatic rings. The van der Waals surface area contributed by atoms with Crippen LogP contribution in [0.2, 0.25) is 0 Å². The molecule has 1 N–H and O–H groups in total. The first-order valence-corrected chi connectivity index (χ1v) is 1.36. The van der Waals surface area contributed by atoms with E-state index in [2.05, 4.69) is 9.78 Å². The molecule has 3 nitrogen and oxygen atoms in total. The molecular formula is C2H4O3. The predicted molar refractivity (Wildman–Crippen MR) is 13.0 cm³/mol. The van der Waals surface area contributed by atoms with Crippen LogP contribution in [0.3, 0.4) is 0 Å². The topological polar surface area (TPSA) is 38.7 Å². The van der Waals surface area contributed by atoms with Crippen LogP contribution in [-0.2, 0) is 9.78 Å². The lowest BCUT2D eigenvalue weighted by molar-refractivity contribution is -0.474. The number of rotatable bonds is 0. The Bertz CT molecular complexity index is 31.9. The molecule has 0 aromatic carbocycles. The summed E-state index contributed by atoms with van der Waals surface area (Å²) in [6, 6.07) is 0. The number of hydrogen-bond donors (Lipinski definition) is 1. The molecule has 1 unspecified atom stereocenters. The molecule has 0 radical (unpaired) electrons. The molecular weight excluding hydrogens is 72.0 g/mol. The first-order valence-electron chi connectivity index (χ1n) is 1.36. The highest BCUT2D eigenvalue weighted by molar-refractivity contribution is 4.34. The van der Waals surface area contributed by atoms with E-state index >= 15 is 0 Å². The summed E-state index contributed by atoms with van der Waals surface area (Å²) in [6.07, 6.45) is -0.657. The lowest BCUT2D eigenvalue weighted by Crippen LogP contribution is -2.29. The van der Waals surface area contributed by atoms with Crippen molar-refractivity contribution in [2.45, 2.75) is 6.29 Å².